The van der Waals surface area contributed by atoms with Gasteiger partial charge >= 0.3 is 0 Å². The first kappa shape index (κ1) is 20.1. The number of imidazole rings is 1. The lowest BCUT2D eigenvalue weighted by Gasteiger charge is -2.17. The van der Waals surface area contributed by atoms with Gasteiger partial charge in [0.25, 0.3) is 0 Å². The largest absolute Gasteiger partial charge is 0.488 e. The highest BCUT2D eigenvalue weighted by atomic mass is 19.1. The van der Waals surface area contributed by atoms with E-state index in [1.165, 1.54) is 24.8 Å². The van der Waals surface area contributed by atoms with Crippen molar-refractivity contribution in [1.82, 2.24) is 19.5 Å². The summed E-state index contributed by atoms with van der Waals surface area (Å²) < 4.78 is 32.0. The Morgan fingerprint density at radius 2 is 2.06 bits per heavy atom. The van der Waals surface area contributed by atoms with Crippen LogP contribution in [-0.2, 0) is 9.47 Å². The molecule has 1 unspecified atom stereocenters. The third kappa shape index (κ3) is 3.81. The van der Waals surface area contributed by atoms with Gasteiger partial charge in [0, 0.05) is 6.61 Å². The Morgan fingerprint density at radius 3 is 2.87 bits per heavy atom. The summed E-state index contributed by atoms with van der Waals surface area (Å²) in [4.78, 5) is 12.9. The fourth-order valence-electron chi connectivity index (χ4n) is 3.82. The number of anilines is 1. The topological polar surface area (TPSA) is 124 Å². The number of nitrogens with zero attached hydrogens (tertiary/aromatic N) is 4. The molecule has 4 heterocycles. The predicted octanol–water partition coefficient (Wildman–Crippen LogP) is 0.864. The van der Waals surface area contributed by atoms with Crippen molar-refractivity contribution in [2.24, 2.45) is 0 Å². The number of halogens is 1. The van der Waals surface area contributed by atoms with Crippen LogP contribution in [0.2, 0.25) is 0 Å². The fraction of sp³-hybridized carbons (Fsp3) is 0.450. The highest BCUT2D eigenvalue weighted by Crippen LogP contribution is 2.33. The number of benzene rings is 1. The Kier molecular flexibility index (Phi) is 5.40. The molecule has 11 heteroatoms. The van der Waals surface area contributed by atoms with Gasteiger partial charge in [0.15, 0.2) is 34.8 Å². The van der Waals surface area contributed by atoms with Gasteiger partial charge in [-0.25, -0.2) is 19.3 Å². The second kappa shape index (κ2) is 8.35. The molecule has 2 aliphatic rings. The number of ether oxygens (including phenoxy) is 3. The van der Waals surface area contributed by atoms with Gasteiger partial charge < -0.3 is 29.7 Å². The summed E-state index contributed by atoms with van der Waals surface area (Å²) >= 11 is 0. The minimum absolute atomic E-state index is 0.0451. The number of fused-ring (bicyclic) bond motifs is 1. The van der Waals surface area contributed by atoms with Crippen molar-refractivity contribution in [3.8, 4) is 5.75 Å². The summed E-state index contributed by atoms with van der Waals surface area (Å²) in [5, 5.41) is 24.3. The molecular weight excluding hydrogens is 409 g/mol. The van der Waals surface area contributed by atoms with Gasteiger partial charge in [-0.3, -0.25) is 4.57 Å². The van der Waals surface area contributed by atoms with Crippen LogP contribution in [0.1, 0.15) is 12.6 Å². The van der Waals surface area contributed by atoms with E-state index in [-0.39, 0.29) is 18.4 Å². The molecule has 5 rings (SSSR count). The van der Waals surface area contributed by atoms with Crippen LogP contribution in [0.15, 0.2) is 36.9 Å². The maximum Gasteiger partial charge on any atom is 0.167 e. The normalized spacial score (nSPS) is 28.3. The molecule has 2 fully saturated rings. The van der Waals surface area contributed by atoms with E-state index in [1.54, 1.807) is 16.7 Å². The number of aliphatic hydroxyl groups is 2. The highest BCUT2D eigenvalue weighted by Gasteiger charge is 2.44. The van der Waals surface area contributed by atoms with Crippen molar-refractivity contribution in [2.45, 2.75) is 37.0 Å². The van der Waals surface area contributed by atoms with Crippen molar-refractivity contribution < 1.29 is 28.8 Å². The van der Waals surface area contributed by atoms with Crippen LogP contribution in [0, 0.1) is 5.82 Å². The quantitative estimate of drug-likeness (QED) is 0.521. The molecule has 5 atom stereocenters. The molecule has 0 amide bonds. The summed E-state index contributed by atoms with van der Waals surface area (Å²) in [5.41, 5.74) is 0.967. The van der Waals surface area contributed by atoms with Crippen LogP contribution in [-0.4, -0.2) is 73.9 Å². The van der Waals surface area contributed by atoms with E-state index < -0.39 is 30.4 Å². The highest BCUT2D eigenvalue weighted by molar-refractivity contribution is 5.82. The molecule has 0 radical (unpaired) electrons. The summed E-state index contributed by atoms with van der Waals surface area (Å²) in [5.74, 6) is 0.0903. The number of hydrogen-bond acceptors (Lipinski definition) is 9. The van der Waals surface area contributed by atoms with Crippen molar-refractivity contribution in [1.29, 1.82) is 0 Å². The molecule has 31 heavy (non-hydrogen) atoms. The molecule has 164 valence electrons. The number of hydrogen-bond donors (Lipinski definition) is 3. The molecule has 1 aromatic carbocycles. The number of aromatic nitrogens is 4. The van der Waals surface area contributed by atoms with Crippen molar-refractivity contribution in [3.63, 3.8) is 0 Å². The van der Waals surface area contributed by atoms with Crippen LogP contribution in [0.5, 0.6) is 5.75 Å². The number of para-hydroxylation sites is 1. The average Bonchev–Trinajstić information content (AvgIpc) is 3.50. The average molecular weight is 431 g/mol. The zero-order chi connectivity index (χ0) is 21.4. The Balaban J connectivity index is 1.34. The monoisotopic (exact) mass is 431 g/mol. The fourth-order valence-corrected chi connectivity index (χ4v) is 3.82. The molecule has 0 bridgehead atoms. The summed E-state index contributed by atoms with van der Waals surface area (Å²) in [6, 6.07) is 6.09. The molecule has 2 aliphatic heterocycles. The summed E-state index contributed by atoms with van der Waals surface area (Å²) in [6.07, 6.45) is -0.539. The van der Waals surface area contributed by atoms with E-state index in [4.69, 9.17) is 14.2 Å². The van der Waals surface area contributed by atoms with Crippen LogP contribution < -0.4 is 10.1 Å². The number of aliphatic hydroxyl groups excluding tert-OH is 2. The summed E-state index contributed by atoms with van der Waals surface area (Å²) in [6.45, 7) is 1.15. The minimum Gasteiger partial charge on any atom is -0.488 e. The number of nitrogens with one attached hydrogen (secondary N) is 1. The first-order valence-electron chi connectivity index (χ1n) is 10.0. The van der Waals surface area contributed by atoms with Gasteiger partial charge in [0.05, 0.1) is 19.0 Å². The molecular formula is C20H22FN5O5. The van der Waals surface area contributed by atoms with E-state index in [1.807, 2.05) is 0 Å². The second-order valence-corrected chi connectivity index (χ2v) is 7.54. The van der Waals surface area contributed by atoms with Crippen LogP contribution in [0.3, 0.4) is 0 Å². The molecule has 3 aromatic rings. The van der Waals surface area contributed by atoms with Gasteiger partial charge in [-0.05, 0) is 18.6 Å². The number of rotatable bonds is 6. The predicted molar refractivity (Wildman–Crippen MR) is 106 cm³/mol. The van der Waals surface area contributed by atoms with Gasteiger partial charge in [0.1, 0.15) is 31.2 Å². The Hall–Kier alpha value is -2.86. The maximum absolute atomic E-state index is 13.8. The Morgan fingerprint density at radius 1 is 1.19 bits per heavy atom. The molecule has 0 spiro atoms. The molecule has 10 nitrogen and oxygen atoms in total. The van der Waals surface area contributed by atoms with Crippen molar-refractivity contribution in [3.05, 3.63) is 42.7 Å². The van der Waals surface area contributed by atoms with Crippen LogP contribution in [0.4, 0.5) is 10.2 Å². The Labute approximate surface area is 176 Å². The standard InChI is InChI=1S/C20H22FN5O5/c21-12-3-1-2-4-13(12)30-8-14-16(27)17(28)20(31-14)26-10-24-15-18(22-9-23-19(15)26)25-11-5-6-29-7-11/h1-4,9-11,14,16-17,20,27-28H,5-8H2,(H,22,23,25)/t11?,14-,16+,17+,20-/m1/s1. The van der Waals surface area contributed by atoms with E-state index in [0.717, 1.165) is 6.42 Å². The lowest BCUT2D eigenvalue weighted by molar-refractivity contribution is -0.0477. The molecule has 3 N–H and O–H groups in total. The first-order valence-corrected chi connectivity index (χ1v) is 10.0. The van der Waals surface area contributed by atoms with E-state index in [9.17, 15) is 14.6 Å². The molecule has 0 aliphatic carbocycles. The van der Waals surface area contributed by atoms with Crippen molar-refractivity contribution in [2.75, 3.05) is 25.1 Å². The minimum atomic E-state index is -1.25. The summed E-state index contributed by atoms with van der Waals surface area (Å²) in [7, 11) is 0. The third-order valence-corrected chi connectivity index (χ3v) is 5.48. The van der Waals surface area contributed by atoms with Gasteiger partial charge in [-0.1, -0.05) is 12.1 Å². The maximum atomic E-state index is 13.8. The Bertz CT molecular complexity index is 1060. The van der Waals surface area contributed by atoms with Gasteiger partial charge in [0.2, 0.25) is 0 Å². The lowest BCUT2D eigenvalue weighted by Crippen LogP contribution is -2.34. The molecule has 0 saturated carbocycles. The van der Waals surface area contributed by atoms with Crippen molar-refractivity contribution >= 4 is 17.0 Å². The van der Waals surface area contributed by atoms with E-state index in [2.05, 4.69) is 20.3 Å². The van der Waals surface area contributed by atoms with Gasteiger partial charge in [-0.2, -0.15) is 0 Å². The molecule has 2 aromatic heterocycles. The lowest BCUT2D eigenvalue weighted by atomic mass is 10.1. The zero-order valence-electron chi connectivity index (χ0n) is 16.5. The smallest absolute Gasteiger partial charge is 0.167 e. The molecule has 2 saturated heterocycles. The first-order chi connectivity index (χ1) is 15.1. The van der Waals surface area contributed by atoms with Crippen LogP contribution >= 0.6 is 0 Å². The SMILES string of the molecule is O[C@@H]1[C@H](O)[C@H](n2cnc3c(NC4CCOC4)ncnc32)O[C@@H]1COc1ccccc1F. The van der Waals surface area contributed by atoms with Crippen LogP contribution in [0.25, 0.3) is 11.2 Å². The van der Waals surface area contributed by atoms with E-state index >= 15 is 0 Å². The third-order valence-electron chi connectivity index (χ3n) is 5.48. The van der Waals surface area contributed by atoms with Gasteiger partial charge in [-0.15, -0.1) is 0 Å². The van der Waals surface area contributed by atoms with E-state index in [0.29, 0.717) is 30.2 Å². The zero-order valence-corrected chi connectivity index (χ0v) is 16.5. The second-order valence-electron chi connectivity index (χ2n) is 7.54.